The molecule has 0 bridgehead atoms. The Morgan fingerprint density at radius 2 is 2.00 bits per heavy atom. The number of hydrogen-bond donors (Lipinski definition) is 4. The number of nitrogens with two attached hydrogens (primary N) is 1. The van der Waals surface area contributed by atoms with Gasteiger partial charge in [-0.15, -0.1) is 0 Å². The zero-order chi connectivity index (χ0) is 11.4. The summed E-state index contributed by atoms with van der Waals surface area (Å²) in [7, 11) is 0. The predicted octanol–water partition coefficient (Wildman–Crippen LogP) is 0.545. The Kier molecular flexibility index (Phi) is 5.12. The molecule has 0 radical (unpaired) electrons. The summed E-state index contributed by atoms with van der Waals surface area (Å²) < 4.78 is 0. The van der Waals surface area contributed by atoms with Crippen LogP contribution in [-0.2, 0) is 0 Å². The Bertz CT molecular complexity index is 200. The molecule has 0 heterocycles. The fourth-order valence-electron chi connectivity index (χ4n) is 0.868. The summed E-state index contributed by atoms with van der Waals surface area (Å²) in [5.41, 5.74) is 4.12. The van der Waals surface area contributed by atoms with Crippen molar-refractivity contribution in [3.05, 3.63) is 11.8 Å². The average molecular weight is 203 g/mol. The second-order valence-corrected chi connectivity index (χ2v) is 4.04. The zero-order valence-electron chi connectivity index (χ0n) is 9.07. The second-order valence-electron chi connectivity index (χ2n) is 4.04. The lowest BCUT2D eigenvalue weighted by molar-refractivity contribution is 0.0532. The van der Waals surface area contributed by atoms with E-state index in [1.807, 2.05) is 13.8 Å². The molecule has 0 aromatic carbocycles. The first-order valence-corrected chi connectivity index (χ1v) is 4.83. The minimum absolute atomic E-state index is 0.0327. The smallest absolute Gasteiger partial charge is 0.120 e. The monoisotopic (exact) mass is 203 g/mol. The highest BCUT2D eigenvalue weighted by Crippen LogP contribution is 2.20. The van der Waals surface area contributed by atoms with Gasteiger partial charge in [0.15, 0.2) is 0 Å². The van der Waals surface area contributed by atoms with Gasteiger partial charge in [0.05, 0.1) is 5.60 Å². The van der Waals surface area contributed by atoms with Crippen LogP contribution >= 0.6 is 0 Å². The van der Waals surface area contributed by atoms with Gasteiger partial charge in [-0.05, 0) is 31.9 Å². The summed E-state index contributed by atoms with van der Waals surface area (Å²) in [5.74, 6) is -0.246. The van der Waals surface area contributed by atoms with Crippen LogP contribution < -0.4 is 5.73 Å². The first kappa shape index (κ1) is 13.4. The van der Waals surface area contributed by atoms with Crippen LogP contribution in [0, 0.1) is 5.92 Å². The standard InChI is InChI=1S/C10H21NO3/c1-7(2)10(3,14)6-9(13)8(12)4-5-11/h6-8,12-14H,4-5,11H2,1-3H3/b9-6-. The maximum absolute atomic E-state index is 9.80. The van der Waals surface area contributed by atoms with E-state index in [4.69, 9.17) is 5.73 Å². The molecule has 4 heteroatoms. The molecule has 0 amide bonds. The number of rotatable bonds is 5. The topological polar surface area (TPSA) is 86.7 Å². The Balaban J connectivity index is 4.49. The van der Waals surface area contributed by atoms with E-state index >= 15 is 0 Å². The molecule has 0 fully saturated rings. The van der Waals surface area contributed by atoms with Crippen LogP contribution in [0.25, 0.3) is 0 Å². The molecule has 0 rings (SSSR count). The van der Waals surface area contributed by atoms with Crippen molar-refractivity contribution in [1.29, 1.82) is 0 Å². The molecule has 0 saturated heterocycles. The molecule has 2 atom stereocenters. The van der Waals surface area contributed by atoms with Gasteiger partial charge in [-0.3, -0.25) is 0 Å². The van der Waals surface area contributed by atoms with Gasteiger partial charge in [0, 0.05) is 0 Å². The van der Waals surface area contributed by atoms with Crippen molar-refractivity contribution in [2.75, 3.05) is 6.54 Å². The molecule has 0 aliphatic carbocycles. The summed E-state index contributed by atoms with van der Waals surface area (Å²) in [5, 5.41) is 28.6. The summed E-state index contributed by atoms with van der Waals surface area (Å²) in [4.78, 5) is 0. The summed E-state index contributed by atoms with van der Waals surface area (Å²) in [6, 6.07) is 0. The van der Waals surface area contributed by atoms with E-state index in [0.717, 1.165) is 0 Å². The SMILES string of the molecule is CC(C)C(C)(O)/C=C(\O)C(O)CCN. The van der Waals surface area contributed by atoms with Gasteiger partial charge < -0.3 is 21.1 Å². The third-order valence-electron chi connectivity index (χ3n) is 2.39. The van der Waals surface area contributed by atoms with Gasteiger partial charge in [0.1, 0.15) is 11.9 Å². The third kappa shape index (κ3) is 4.09. The first-order valence-electron chi connectivity index (χ1n) is 4.83. The second kappa shape index (κ2) is 5.34. The van der Waals surface area contributed by atoms with Crippen molar-refractivity contribution < 1.29 is 15.3 Å². The van der Waals surface area contributed by atoms with Crippen molar-refractivity contribution in [1.82, 2.24) is 0 Å². The van der Waals surface area contributed by atoms with Crippen LogP contribution in [0.2, 0.25) is 0 Å². The van der Waals surface area contributed by atoms with Crippen LogP contribution in [-0.4, -0.2) is 33.6 Å². The molecule has 2 unspecified atom stereocenters. The van der Waals surface area contributed by atoms with Crippen LogP contribution in [0.1, 0.15) is 27.2 Å². The average Bonchev–Trinajstić information content (AvgIpc) is 2.03. The van der Waals surface area contributed by atoms with Crippen LogP contribution in [0.4, 0.5) is 0 Å². The quantitative estimate of drug-likeness (QED) is 0.491. The summed E-state index contributed by atoms with van der Waals surface area (Å²) in [6.07, 6.45) is 0.583. The van der Waals surface area contributed by atoms with Crippen molar-refractivity contribution in [3.8, 4) is 0 Å². The van der Waals surface area contributed by atoms with Gasteiger partial charge in [-0.25, -0.2) is 0 Å². The van der Waals surface area contributed by atoms with E-state index in [2.05, 4.69) is 0 Å². The van der Waals surface area contributed by atoms with E-state index in [0.29, 0.717) is 6.54 Å². The Morgan fingerprint density at radius 1 is 1.50 bits per heavy atom. The van der Waals surface area contributed by atoms with Crippen molar-refractivity contribution in [2.24, 2.45) is 11.7 Å². The largest absolute Gasteiger partial charge is 0.510 e. The van der Waals surface area contributed by atoms with E-state index in [9.17, 15) is 15.3 Å². The Morgan fingerprint density at radius 3 is 2.36 bits per heavy atom. The van der Waals surface area contributed by atoms with Crippen LogP contribution in [0.3, 0.4) is 0 Å². The first-order chi connectivity index (χ1) is 6.31. The maximum Gasteiger partial charge on any atom is 0.120 e. The fraction of sp³-hybridized carbons (Fsp3) is 0.800. The number of aliphatic hydroxyl groups is 3. The predicted molar refractivity (Wildman–Crippen MR) is 55.9 cm³/mol. The fourth-order valence-corrected chi connectivity index (χ4v) is 0.868. The normalized spacial score (nSPS) is 19.5. The van der Waals surface area contributed by atoms with Crippen LogP contribution in [0.5, 0.6) is 0 Å². The molecule has 0 saturated carbocycles. The highest BCUT2D eigenvalue weighted by Gasteiger charge is 2.24. The molecule has 0 aromatic heterocycles. The molecular formula is C10H21NO3. The highest BCUT2D eigenvalue weighted by atomic mass is 16.3. The van der Waals surface area contributed by atoms with Crippen molar-refractivity contribution in [2.45, 2.75) is 38.9 Å². The minimum atomic E-state index is -1.11. The molecule has 0 aromatic rings. The summed E-state index contributed by atoms with van der Waals surface area (Å²) in [6.45, 7) is 5.55. The minimum Gasteiger partial charge on any atom is -0.510 e. The zero-order valence-corrected chi connectivity index (χ0v) is 9.07. The molecule has 14 heavy (non-hydrogen) atoms. The molecule has 4 nitrogen and oxygen atoms in total. The van der Waals surface area contributed by atoms with Gasteiger partial charge in [-0.1, -0.05) is 13.8 Å². The molecule has 84 valence electrons. The third-order valence-corrected chi connectivity index (χ3v) is 2.39. The van der Waals surface area contributed by atoms with Crippen molar-refractivity contribution >= 4 is 0 Å². The highest BCUT2D eigenvalue weighted by molar-refractivity contribution is 5.08. The number of hydrogen-bond acceptors (Lipinski definition) is 4. The lowest BCUT2D eigenvalue weighted by Gasteiger charge is -2.24. The van der Waals surface area contributed by atoms with E-state index in [-0.39, 0.29) is 18.1 Å². The molecule has 0 spiro atoms. The molecule has 0 aliphatic rings. The van der Waals surface area contributed by atoms with Gasteiger partial charge in [0.2, 0.25) is 0 Å². The van der Waals surface area contributed by atoms with E-state index in [1.54, 1.807) is 6.92 Å². The van der Waals surface area contributed by atoms with E-state index < -0.39 is 11.7 Å². The summed E-state index contributed by atoms with van der Waals surface area (Å²) >= 11 is 0. The van der Waals surface area contributed by atoms with Gasteiger partial charge in [-0.2, -0.15) is 0 Å². The lowest BCUT2D eigenvalue weighted by Crippen LogP contribution is -2.30. The van der Waals surface area contributed by atoms with Gasteiger partial charge >= 0.3 is 0 Å². The van der Waals surface area contributed by atoms with Crippen LogP contribution in [0.15, 0.2) is 11.8 Å². The maximum atomic E-state index is 9.80. The molecule has 0 aliphatic heterocycles. The lowest BCUT2D eigenvalue weighted by atomic mass is 9.91. The van der Waals surface area contributed by atoms with Crippen molar-refractivity contribution in [3.63, 3.8) is 0 Å². The molecular weight excluding hydrogens is 182 g/mol. The molecule has 5 N–H and O–H groups in total. The van der Waals surface area contributed by atoms with E-state index in [1.165, 1.54) is 6.08 Å². The Labute approximate surface area is 85.1 Å². The van der Waals surface area contributed by atoms with Gasteiger partial charge in [0.25, 0.3) is 0 Å². The Hall–Kier alpha value is -0.580. The number of aliphatic hydroxyl groups excluding tert-OH is 2.